The molecule has 0 aromatic heterocycles. The molecule has 1 aliphatic heterocycles. The summed E-state index contributed by atoms with van der Waals surface area (Å²) >= 11 is 0. The number of nitrogens with zero attached hydrogens (tertiary/aromatic N) is 3. The molecule has 0 radical (unpaired) electrons. The molecule has 0 bridgehead atoms. The van der Waals surface area contributed by atoms with E-state index in [0.717, 1.165) is 72.2 Å². The number of unbranched alkanes of at least 4 members (excludes halogenated alkanes) is 6. The molecule has 0 aliphatic carbocycles. The van der Waals surface area contributed by atoms with Crippen LogP contribution in [0, 0.1) is 0 Å². The third-order valence-corrected chi connectivity index (χ3v) is 14.0. The van der Waals surface area contributed by atoms with Crippen molar-refractivity contribution in [1.29, 1.82) is 0 Å². The number of rotatable bonds is 15. The standard InChI is InChI=1S/C38H47FN5OP/c1-44(2)38-42-36(41-37(40)43-38)31-25-27-32(28-26-31)45-29-17-6-4-3-5-7-18-30-46(39,33-19-11-8-12-20-33,34-21-13-9-14-22-34)35-23-15-10-16-24-35/h8-16,19-28,36H,3-7,17-18,29-30H2,1-2H3,(H3,40,41,42,43). The van der Waals surface area contributed by atoms with Gasteiger partial charge in [-0.3, -0.25) is 5.32 Å². The fourth-order valence-electron chi connectivity index (χ4n) is 6.20. The molecular formula is C38H47FN5OP. The Morgan fingerprint density at radius 2 is 1.15 bits per heavy atom. The second-order valence-electron chi connectivity index (χ2n) is 12.2. The number of aliphatic imine (C=N–C) groups is 2. The van der Waals surface area contributed by atoms with Crippen LogP contribution in [0.4, 0.5) is 4.20 Å². The molecule has 46 heavy (non-hydrogen) atoms. The summed E-state index contributed by atoms with van der Waals surface area (Å²) in [5.41, 5.74) is 6.91. The van der Waals surface area contributed by atoms with Crippen LogP contribution in [0.25, 0.3) is 0 Å². The van der Waals surface area contributed by atoms with Gasteiger partial charge in [-0.25, -0.2) is 9.98 Å². The van der Waals surface area contributed by atoms with Gasteiger partial charge in [0.15, 0.2) is 12.1 Å². The number of halogens is 1. The van der Waals surface area contributed by atoms with Crippen molar-refractivity contribution in [3.63, 3.8) is 0 Å². The van der Waals surface area contributed by atoms with Crippen molar-refractivity contribution in [2.24, 2.45) is 15.7 Å². The Bertz CT molecular complexity index is 1480. The number of ether oxygens (including phenoxy) is 1. The van der Waals surface area contributed by atoms with Gasteiger partial charge >= 0.3 is 198 Å². The first-order chi connectivity index (χ1) is 22.4. The molecule has 1 atom stereocenters. The number of hydrogen-bond donors (Lipinski definition) is 2. The Balaban J connectivity index is 1.08. The molecule has 0 amide bonds. The zero-order chi connectivity index (χ0) is 32.3. The van der Waals surface area contributed by atoms with Crippen LogP contribution in [0.2, 0.25) is 0 Å². The number of nitrogens with one attached hydrogen (secondary N) is 1. The number of hydrogen-bond acceptors (Lipinski definition) is 6. The molecule has 3 N–H and O–H groups in total. The van der Waals surface area contributed by atoms with E-state index in [0.29, 0.717) is 24.7 Å². The summed E-state index contributed by atoms with van der Waals surface area (Å²) in [6.07, 6.45) is 7.55. The third kappa shape index (κ3) is 7.59. The maximum absolute atomic E-state index is 18.5. The third-order valence-electron chi connectivity index (χ3n) is 8.72. The van der Waals surface area contributed by atoms with Crippen LogP contribution in [-0.4, -0.2) is 43.7 Å². The number of guanidine groups is 2. The summed E-state index contributed by atoms with van der Waals surface area (Å²) in [5.74, 6) is 1.89. The van der Waals surface area contributed by atoms with Crippen molar-refractivity contribution in [1.82, 2.24) is 10.2 Å². The zero-order valence-corrected chi connectivity index (χ0v) is 28.0. The van der Waals surface area contributed by atoms with Crippen molar-refractivity contribution in [2.45, 2.75) is 51.1 Å². The molecule has 1 heterocycles. The van der Waals surface area contributed by atoms with E-state index < -0.39 is 6.91 Å². The zero-order valence-electron chi connectivity index (χ0n) is 27.1. The van der Waals surface area contributed by atoms with Crippen LogP contribution in [0.5, 0.6) is 5.75 Å². The average molecular weight is 640 g/mol. The molecule has 0 saturated heterocycles. The molecule has 6 nitrogen and oxygen atoms in total. The van der Waals surface area contributed by atoms with Crippen molar-refractivity contribution in [3.05, 3.63) is 121 Å². The summed E-state index contributed by atoms with van der Waals surface area (Å²) in [7, 11) is 3.82. The Morgan fingerprint density at radius 1 is 0.674 bits per heavy atom. The number of nitrogens with two attached hydrogens (primary N) is 1. The first kappa shape index (κ1) is 33.2. The van der Waals surface area contributed by atoms with E-state index in [4.69, 9.17) is 10.5 Å². The predicted molar refractivity (Wildman–Crippen MR) is 194 cm³/mol. The van der Waals surface area contributed by atoms with Crippen molar-refractivity contribution < 1.29 is 8.93 Å². The SMILES string of the molecule is CN(C)C1=NC(c2ccc(OCCCCCCCCCP(F)(c3ccccc3)(c3ccccc3)c3ccccc3)cc2)N=C(N)N1. The Morgan fingerprint density at radius 3 is 1.65 bits per heavy atom. The second kappa shape index (κ2) is 15.4. The average Bonchev–Trinajstić information content (AvgIpc) is 3.10. The first-order valence-electron chi connectivity index (χ1n) is 16.4. The summed E-state index contributed by atoms with van der Waals surface area (Å²) in [6.45, 7) is -3.44. The van der Waals surface area contributed by atoms with E-state index >= 15 is 4.20 Å². The molecule has 8 heteroatoms. The smallest absolute Gasteiger partial charge is 0.370 e. The van der Waals surface area contributed by atoms with Gasteiger partial charge in [-0.05, 0) is 5.56 Å². The van der Waals surface area contributed by atoms with Gasteiger partial charge in [-0.15, -0.1) is 0 Å². The van der Waals surface area contributed by atoms with E-state index in [1.807, 2.05) is 134 Å². The van der Waals surface area contributed by atoms with Crippen LogP contribution >= 0.6 is 6.91 Å². The van der Waals surface area contributed by atoms with Gasteiger partial charge in [-0.1, -0.05) is 12.1 Å². The van der Waals surface area contributed by atoms with Gasteiger partial charge in [0.05, 0.1) is 0 Å². The molecular weight excluding hydrogens is 592 g/mol. The fraction of sp³-hybridized carbons (Fsp3) is 0.316. The molecule has 242 valence electrons. The van der Waals surface area contributed by atoms with Crippen molar-refractivity contribution in [3.8, 4) is 5.75 Å². The fourth-order valence-corrected chi connectivity index (χ4v) is 11.1. The normalized spacial score (nSPS) is 15.5. The number of benzene rings is 4. The second-order valence-corrected chi connectivity index (χ2v) is 16.5. The van der Waals surface area contributed by atoms with E-state index in [2.05, 4.69) is 15.3 Å². The summed E-state index contributed by atoms with van der Waals surface area (Å²) < 4.78 is 24.5. The molecule has 0 spiro atoms. The van der Waals surface area contributed by atoms with Crippen molar-refractivity contribution in [2.75, 3.05) is 26.9 Å². The van der Waals surface area contributed by atoms with E-state index in [1.54, 1.807) is 0 Å². The van der Waals surface area contributed by atoms with Gasteiger partial charge in [0.1, 0.15) is 0 Å². The maximum atomic E-state index is 18.5. The summed E-state index contributed by atoms with van der Waals surface area (Å²) in [4.78, 5) is 10.9. The van der Waals surface area contributed by atoms with Gasteiger partial charge in [0, 0.05) is 14.1 Å². The van der Waals surface area contributed by atoms with Gasteiger partial charge in [0.2, 0.25) is 5.96 Å². The van der Waals surface area contributed by atoms with Crippen LogP contribution in [0.1, 0.15) is 56.7 Å². The van der Waals surface area contributed by atoms with Crippen LogP contribution in [0.15, 0.2) is 125 Å². The quantitative estimate of drug-likeness (QED) is 0.108. The molecule has 1 unspecified atom stereocenters. The Kier molecular flexibility index (Phi) is 11.1. The molecule has 0 saturated carbocycles. The summed E-state index contributed by atoms with van der Waals surface area (Å²) in [6, 6.07) is 37.6. The Hall–Kier alpha value is -4.22. The topological polar surface area (TPSA) is 75.2 Å². The molecule has 4 aromatic carbocycles. The van der Waals surface area contributed by atoms with E-state index in [1.165, 1.54) is 0 Å². The van der Waals surface area contributed by atoms with E-state index in [-0.39, 0.29) is 6.17 Å². The van der Waals surface area contributed by atoms with Crippen LogP contribution < -0.4 is 31.7 Å². The first-order valence-corrected chi connectivity index (χ1v) is 18.7. The molecule has 5 rings (SSSR count). The predicted octanol–water partition coefficient (Wildman–Crippen LogP) is 7.04. The minimum absolute atomic E-state index is 0.358. The molecule has 4 aromatic rings. The minimum atomic E-state index is -4.12. The van der Waals surface area contributed by atoms with Gasteiger partial charge < -0.3 is 10.6 Å². The van der Waals surface area contributed by atoms with Gasteiger partial charge in [-0.2, -0.15) is 0 Å². The van der Waals surface area contributed by atoms with Crippen molar-refractivity contribution >= 4 is 34.7 Å². The minimum Gasteiger partial charge on any atom is -0.370 e. The monoisotopic (exact) mass is 639 g/mol. The van der Waals surface area contributed by atoms with Crippen LogP contribution in [0.3, 0.4) is 0 Å². The summed E-state index contributed by atoms with van der Waals surface area (Å²) in [5, 5.41) is 5.43. The van der Waals surface area contributed by atoms with Gasteiger partial charge in [0.25, 0.3) is 0 Å². The van der Waals surface area contributed by atoms with E-state index in [9.17, 15) is 0 Å². The Labute approximate surface area is 273 Å². The van der Waals surface area contributed by atoms with Crippen LogP contribution in [-0.2, 0) is 0 Å². The molecule has 1 aliphatic rings. The molecule has 0 fully saturated rings.